The molecule has 10 heteroatoms. The average Bonchev–Trinajstić information content (AvgIpc) is 2.86. The third-order valence-electron chi connectivity index (χ3n) is 6.60. The van der Waals surface area contributed by atoms with Gasteiger partial charge >= 0.3 is 0 Å². The van der Waals surface area contributed by atoms with Crippen molar-refractivity contribution in [2.75, 3.05) is 30.3 Å². The molecule has 0 bridgehead atoms. The van der Waals surface area contributed by atoms with Crippen LogP contribution in [0, 0.1) is 16.7 Å². The Balaban J connectivity index is 1.53. The van der Waals surface area contributed by atoms with Gasteiger partial charge in [0.05, 0.1) is 26.7 Å². The molecule has 0 aliphatic carbocycles. The van der Waals surface area contributed by atoms with Crippen LogP contribution in [-0.4, -0.2) is 41.4 Å². The first-order valence-corrected chi connectivity index (χ1v) is 13.1. The van der Waals surface area contributed by atoms with Crippen LogP contribution < -0.4 is 26.1 Å². The number of nitrogens with two attached hydrogens (primary N) is 2. The van der Waals surface area contributed by atoms with E-state index in [0.717, 1.165) is 19.6 Å². The van der Waals surface area contributed by atoms with E-state index in [1.807, 2.05) is 6.92 Å². The van der Waals surface area contributed by atoms with Crippen molar-refractivity contribution < 1.29 is 10.1 Å². The molecule has 4 rings (SSSR count). The van der Waals surface area contributed by atoms with Crippen molar-refractivity contribution in [3.05, 3.63) is 75.2 Å². The Bertz CT molecular complexity index is 1380. The molecule has 0 unspecified atom stereocenters. The van der Waals surface area contributed by atoms with E-state index in [2.05, 4.69) is 47.0 Å². The van der Waals surface area contributed by atoms with Gasteiger partial charge in [0.15, 0.2) is 0 Å². The molecule has 1 aromatic carbocycles. The van der Waals surface area contributed by atoms with Crippen LogP contribution in [0.5, 0.6) is 5.75 Å². The molecular formula is C28H32Cl2N7O+. The topological polar surface area (TPSA) is 126 Å². The van der Waals surface area contributed by atoms with Crippen molar-refractivity contribution in [3.8, 4) is 11.8 Å². The summed E-state index contributed by atoms with van der Waals surface area (Å²) >= 11 is 12.6. The molecule has 198 valence electrons. The Labute approximate surface area is 233 Å². The number of rotatable bonds is 9. The number of pyridine rings is 2. The molecule has 0 saturated carbocycles. The number of hydrogen-bond acceptors (Lipinski definition) is 7. The molecule has 0 radical (unpaired) electrons. The standard InChI is InChI=1S/C28H31Cl2N7O/c1-16(2)36-13-28(4)14-37(15-28)27-18(9-31)7-19(10-35-27)26(33)21-8-20(5-6-24(21)32)38-17(3)25-22(29)11-34-12-23(25)30/h5-8,10-12,16-17,33,36H,13-15,32H2,1-4H3/p+1/t17-/m1/s1. The fourth-order valence-electron chi connectivity index (χ4n) is 4.60. The molecule has 8 nitrogen and oxygen atoms in total. The molecule has 2 aromatic heterocycles. The van der Waals surface area contributed by atoms with Gasteiger partial charge < -0.3 is 20.7 Å². The number of halogens is 2. The van der Waals surface area contributed by atoms with Crippen molar-refractivity contribution in [3.63, 3.8) is 0 Å². The Kier molecular flexibility index (Phi) is 8.12. The van der Waals surface area contributed by atoms with Crippen LogP contribution in [0.1, 0.15) is 56.1 Å². The first-order chi connectivity index (χ1) is 18.0. The van der Waals surface area contributed by atoms with Crippen LogP contribution in [0.25, 0.3) is 0 Å². The monoisotopic (exact) mass is 552 g/mol. The maximum Gasteiger partial charge on any atom is 0.215 e. The van der Waals surface area contributed by atoms with Crippen LogP contribution >= 0.6 is 23.2 Å². The van der Waals surface area contributed by atoms with Gasteiger partial charge in [0.2, 0.25) is 5.71 Å². The van der Waals surface area contributed by atoms with E-state index in [-0.39, 0.29) is 5.41 Å². The second-order valence-electron chi connectivity index (χ2n) is 10.3. The van der Waals surface area contributed by atoms with Crippen LogP contribution in [0.4, 0.5) is 11.5 Å². The first kappa shape index (κ1) is 27.6. The van der Waals surface area contributed by atoms with Crippen LogP contribution in [0.3, 0.4) is 0 Å². The number of nitrogens with one attached hydrogen (secondary N) is 1. The summed E-state index contributed by atoms with van der Waals surface area (Å²) in [6.07, 6.45) is 4.28. The molecule has 0 amide bonds. The molecule has 3 heterocycles. The summed E-state index contributed by atoms with van der Waals surface area (Å²) in [5.74, 6) is 1.20. The zero-order chi connectivity index (χ0) is 27.6. The fourth-order valence-corrected chi connectivity index (χ4v) is 5.27. The van der Waals surface area contributed by atoms with E-state index in [0.29, 0.717) is 61.3 Å². The lowest BCUT2D eigenvalue weighted by Crippen LogP contribution is -2.60. The van der Waals surface area contributed by atoms with Gasteiger partial charge in [0.25, 0.3) is 0 Å². The minimum atomic E-state index is -0.445. The van der Waals surface area contributed by atoms with Crippen LogP contribution in [0.15, 0.2) is 42.9 Å². The average molecular weight is 554 g/mol. The van der Waals surface area contributed by atoms with Gasteiger partial charge in [-0.25, -0.2) is 4.98 Å². The molecule has 1 fully saturated rings. The van der Waals surface area contributed by atoms with Gasteiger partial charge in [-0.1, -0.05) is 44.0 Å². The Morgan fingerprint density at radius 2 is 1.89 bits per heavy atom. The van der Waals surface area contributed by atoms with Gasteiger partial charge in [-0.3, -0.25) is 10.4 Å². The van der Waals surface area contributed by atoms with Crippen molar-refractivity contribution in [1.82, 2.24) is 15.3 Å². The van der Waals surface area contributed by atoms with Gasteiger partial charge in [0, 0.05) is 60.9 Å². The highest BCUT2D eigenvalue weighted by Crippen LogP contribution is 2.35. The Morgan fingerprint density at radius 1 is 1.21 bits per heavy atom. The Hall–Kier alpha value is -3.38. The quantitative estimate of drug-likeness (QED) is 0.272. The summed E-state index contributed by atoms with van der Waals surface area (Å²) < 4.78 is 6.11. The van der Waals surface area contributed by atoms with Gasteiger partial charge in [-0.2, -0.15) is 5.26 Å². The van der Waals surface area contributed by atoms with Crippen LogP contribution in [0.2, 0.25) is 10.0 Å². The number of anilines is 2. The normalized spacial score (nSPS) is 15.1. The zero-order valence-electron chi connectivity index (χ0n) is 21.9. The predicted octanol–water partition coefficient (Wildman–Crippen LogP) is 3.80. The SMILES string of the molecule is CC(C)NCC1(C)CN(c2ncc(C(=[NH2+])c3cc(O[C@H](C)c4c(Cl)cncc4Cl)ccc3N)cc2C#N)C1. The van der Waals surface area contributed by atoms with Crippen LogP contribution in [-0.2, 0) is 0 Å². The number of nitrogens with zero attached hydrogens (tertiary/aromatic N) is 4. The molecule has 1 saturated heterocycles. The summed E-state index contributed by atoms with van der Waals surface area (Å²) in [4.78, 5) is 10.7. The lowest BCUT2D eigenvalue weighted by Gasteiger charge is -2.49. The van der Waals surface area contributed by atoms with Gasteiger partial charge in [-0.15, -0.1) is 0 Å². The number of aromatic nitrogens is 2. The summed E-state index contributed by atoms with van der Waals surface area (Å²) in [6, 6.07) is 9.69. The van der Waals surface area contributed by atoms with Gasteiger partial charge in [0.1, 0.15) is 23.7 Å². The van der Waals surface area contributed by atoms with E-state index in [4.69, 9.17) is 39.1 Å². The fraction of sp³-hybridized carbons (Fsp3) is 0.357. The van der Waals surface area contributed by atoms with E-state index < -0.39 is 6.10 Å². The first-order valence-electron chi connectivity index (χ1n) is 12.4. The molecular weight excluding hydrogens is 521 g/mol. The summed E-state index contributed by atoms with van der Waals surface area (Å²) in [7, 11) is 0. The van der Waals surface area contributed by atoms with Crippen molar-refractivity contribution >= 4 is 40.4 Å². The predicted molar refractivity (Wildman–Crippen MR) is 152 cm³/mol. The van der Waals surface area contributed by atoms with Gasteiger partial charge in [-0.05, 0) is 31.2 Å². The molecule has 1 aliphatic heterocycles. The third-order valence-corrected chi connectivity index (χ3v) is 7.21. The van der Waals surface area contributed by atoms with E-state index in [9.17, 15) is 5.26 Å². The van der Waals surface area contributed by atoms with Crippen molar-refractivity contribution in [2.24, 2.45) is 5.41 Å². The molecule has 1 aliphatic rings. The molecule has 0 spiro atoms. The van der Waals surface area contributed by atoms with E-state index in [1.54, 1.807) is 30.5 Å². The van der Waals surface area contributed by atoms with E-state index in [1.165, 1.54) is 12.4 Å². The second kappa shape index (κ2) is 11.2. The second-order valence-corrected chi connectivity index (χ2v) is 11.2. The lowest BCUT2D eigenvalue weighted by atomic mass is 9.81. The minimum Gasteiger partial charge on any atom is -0.486 e. The molecule has 3 aromatic rings. The largest absolute Gasteiger partial charge is 0.486 e. The maximum atomic E-state index is 9.87. The third kappa shape index (κ3) is 5.86. The molecule has 5 N–H and O–H groups in total. The number of nitriles is 1. The molecule has 1 atom stereocenters. The molecule has 38 heavy (non-hydrogen) atoms. The number of hydrogen-bond donors (Lipinski definition) is 3. The van der Waals surface area contributed by atoms with E-state index >= 15 is 0 Å². The number of benzene rings is 1. The minimum absolute atomic E-state index is 0.138. The summed E-state index contributed by atoms with van der Waals surface area (Å²) in [5, 5.41) is 20.7. The summed E-state index contributed by atoms with van der Waals surface area (Å²) in [5.41, 5.74) is 9.56. The highest BCUT2D eigenvalue weighted by Gasteiger charge is 2.40. The maximum absolute atomic E-state index is 9.87. The highest BCUT2D eigenvalue weighted by molar-refractivity contribution is 6.35. The van der Waals surface area contributed by atoms with Crippen molar-refractivity contribution in [2.45, 2.75) is 39.8 Å². The smallest absolute Gasteiger partial charge is 0.215 e. The van der Waals surface area contributed by atoms with Crippen molar-refractivity contribution in [1.29, 1.82) is 5.26 Å². The summed E-state index contributed by atoms with van der Waals surface area (Å²) in [6.45, 7) is 10.9. The number of nitrogen functional groups attached to an aromatic ring is 1. The lowest BCUT2D eigenvalue weighted by molar-refractivity contribution is -0.111. The zero-order valence-corrected chi connectivity index (χ0v) is 23.4. The highest BCUT2D eigenvalue weighted by atomic mass is 35.5. The Morgan fingerprint density at radius 3 is 2.53 bits per heavy atom. The number of ether oxygens (including phenoxy) is 1.